The number of hydrogen-bond acceptors (Lipinski definition) is 7. The predicted molar refractivity (Wildman–Crippen MR) is 112 cm³/mol. The van der Waals surface area contributed by atoms with Crippen LogP contribution in [0, 0.1) is 5.92 Å². The molecule has 0 aliphatic heterocycles. The lowest BCUT2D eigenvalue weighted by molar-refractivity contribution is 0.0487. The molecule has 1 unspecified atom stereocenters. The highest BCUT2D eigenvalue weighted by Crippen LogP contribution is 2.25. The van der Waals surface area contributed by atoms with Crippen molar-refractivity contribution in [3.05, 3.63) is 40.7 Å². The number of halogens is 1. The first-order valence-corrected chi connectivity index (χ1v) is 10.6. The second kappa shape index (κ2) is 10.1. The molecule has 9 heteroatoms. The number of nitrogens with one attached hydrogen (secondary N) is 1. The third kappa shape index (κ3) is 8.06. The Hall–Kier alpha value is -2.06. The summed E-state index contributed by atoms with van der Waals surface area (Å²) in [6.45, 7) is 9.44. The van der Waals surface area contributed by atoms with Crippen LogP contribution in [-0.4, -0.2) is 33.4 Å². The minimum atomic E-state index is -0.607. The third-order valence-electron chi connectivity index (χ3n) is 3.61. The molecule has 0 spiro atoms. The van der Waals surface area contributed by atoms with Crippen LogP contribution in [0.1, 0.15) is 63.3 Å². The Kier molecular flexibility index (Phi) is 8.10. The molecule has 0 radical (unpaired) electrons. The number of rotatable bonds is 8. The number of amides is 1. The maximum Gasteiger partial charge on any atom is 0.408 e. The fourth-order valence-corrected chi connectivity index (χ4v) is 3.20. The van der Waals surface area contributed by atoms with E-state index < -0.39 is 17.7 Å². The highest BCUT2D eigenvalue weighted by molar-refractivity contribution is 7.99. The Balaban J connectivity index is 2.00. The summed E-state index contributed by atoms with van der Waals surface area (Å²) in [4.78, 5) is 24.4. The molecule has 2 aromatic rings. The number of Topliss-reactive ketones (excluding diaryl/α,β-unsaturated/α-hetero) is 1. The number of carbonyl (C=O) groups excluding carboxylic acids is 2. The first kappa shape index (κ1) is 23.2. The van der Waals surface area contributed by atoms with Crippen LogP contribution in [0.2, 0.25) is 5.02 Å². The zero-order chi connectivity index (χ0) is 21.6. The van der Waals surface area contributed by atoms with Crippen LogP contribution >= 0.6 is 23.4 Å². The maximum atomic E-state index is 12.3. The lowest BCUT2D eigenvalue weighted by atomic mass is 10.0. The van der Waals surface area contributed by atoms with E-state index in [4.69, 9.17) is 20.8 Å². The molecule has 29 heavy (non-hydrogen) atoms. The van der Waals surface area contributed by atoms with E-state index in [9.17, 15) is 9.59 Å². The molecular formula is C20H26ClN3O4S. The third-order valence-corrected chi connectivity index (χ3v) is 4.68. The topological polar surface area (TPSA) is 94.3 Å². The van der Waals surface area contributed by atoms with E-state index in [0.717, 1.165) is 11.8 Å². The quantitative estimate of drug-likeness (QED) is 0.439. The van der Waals surface area contributed by atoms with E-state index >= 15 is 0 Å². The molecule has 0 saturated heterocycles. The van der Waals surface area contributed by atoms with Crippen molar-refractivity contribution in [3.63, 3.8) is 0 Å². The minimum absolute atomic E-state index is 0.0722. The summed E-state index contributed by atoms with van der Waals surface area (Å²) in [5, 5.41) is 11.7. The van der Waals surface area contributed by atoms with Crippen molar-refractivity contribution in [2.24, 2.45) is 5.92 Å². The van der Waals surface area contributed by atoms with E-state index in [2.05, 4.69) is 15.5 Å². The van der Waals surface area contributed by atoms with Gasteiger partial charge in [-0.05, 0) is 57.4 Å². The molecule has 1 N–H and O–H groups in total. The second-order valence-corrected chi connectivity index (χ2v) is 9.32. The predicted octanol–water partition coefficient (Wildman–Crippen LogP) is 5.31. The van der Waals surface area contributed by atoms with Gasteiger partial charge in [-0.25, -0.2) is 4.79 Å². The van der Waals surface area contributed by atoms with Crippen molar-refractivity contribution in [2.75, 3.05) is 5.75 Å². The lowest BCUT2D eigenvalue weighted by Gasteiger charge is -2.22. The Bertz CT molecular complexity index is 831. The van der Waals surface area contributed by atoms with E-state index in [1.165, 1.54) is 0 Å². The van der Waals surface area contributed by atoms with Gasteiger partial charge in [0.25, 0.3) is 5.22 Å². The Morgan fingerprint density at radius 3 is 2.45 bits per heavy atom. The number of carbonyl (C=O) groups is 2. The zero-order valence-corrected chi connectivity index (χ0v) is 18.8. The highest BCUT2D eigenvalue weighted by Gasteiger charge is 2.25. The molecule has 0 aliphatic carbocycles. The zero-order valence-electron chi connectivity index (χ0n) is 17.2. The number of benzene rings is 1. The van der Waals surface area contributed by atoms with Gasteiger partial charge in [0.2, 0.25) is 5.89 Å². The summed E-state index contributed by atoms with van der Waals surface area (Å²) < 4.78 is 11.0. The van der Waals surface area contributed by atoms with Crippen LogP contribution in [0.5, 0.6) is 0 Å². The average molecular weight is 440 g/mol. The Morgan fingerprint density at radius 2 is 1.86 bits per heavy atom. The van der Waals surface area contributed by atoms with Gasteiger partial charge in [-0.2, -0.15) is 0 Å². The second-order valence-electron chi connectivity index (χ2n) is 7.95. The fourth-order valence-electron chi connectivity index (χ4n) is 2.41. The van der Waals surface area contributed by atoms with Gasteiger partial charge in [-0.3, -0.25) is 4.79 Å². The smallest absolute Gasteiger partial charge is 0.408 e. The van der Waals surface area contributed by atoms with Gasteiger partial charge in [-0.15, -0.1) is 10.2 Å². The molecular weight excluding hydrogens is 414 g/mol. The summed E-state index contributed by atoms with van der Waals surface area (Å²) in [5.74, 6) is 0.643. The first-order valence-electron chi connectivity index (χ1n) is 9.28. The first-order chi connectivity index (χ1) is 13.5. The number of nitrogens with zero attached hydrogens (tertiary/aromatic N) is 2. The van der Waals surface area contributed by atoms with Crippen molar-refractivity contribution < 1.29 is 18.7 Å². The molecule has 0 bridgehead atoms. The number of ketones is 1. The number of thioether (sulfide) groups is 1. The Morgan fingerprint density at radius 1 is 1.21 bits per heavy atom. The fraction of sp³-hybridized carbons (Fsp3) is 0.500. The van der Waals surface area contributed by atoms with Crippen LogP contribution in [0.3, 0.4) is 0 Å². The molecule has 7 nitrogen and oxygen atoms in total. The Labute approximate surface area is 179 Å². The van der Waals surface area contributed by atoms with Crippen molar-refractivity contribution in [1.82, 2.24) is 15.5 Å². The normalized spacial score (nSPS) is 12.7. The molecule has 1 aromatic heterocycles. The van der Waals surface area contributed by atoms with Gasteiger partial charge in [0, 0.05) is 10.6 Å². The van der Waals surface area contributed by atoms with Gasteiger partial charge in [0.15, 0.2) is 5.78 Å². The van der Waals surface area contributed by atoms with Gasteiger partial charge in [-0.1, -0.05) is 37.2 Å². The van der Waals surface area contributed by atoms with Crippen LogP contribution < -0.4 is 5.32 Å². The molecule has 2 rings (SSSR count). The van der Waals surface area contributed by atoms with Gasteiger partial charge < -0.3 is 14.5 Å². The summed E-state index contributed by atoms with van der Waals surface area (Å²) in [6, 6.07) is 6.22. The van der Waals surface area contributed by atoms with Gasteiger partial charge >= 0.3 is 6.09 Å². The number of aromatic nitrogens is 2. The number of ether oxygens (including phenoxy) is 1. The minimum Gasteiger partial charge on any atom is -0.444 e. The number of hydrogen-bond donors (Lipinski definition) is 1. The largest absolute Gasteiger partial charge is 0.444 e. The summed E-state index contributed by atoms with van der Waals surface area (Å²) >= 11 is 6.99. The van der Waals surface area contributed by atoms with Gasteiger partial charge in [0.05, 0.1) is 5.75 Å². The molecule has 0 fully saturated rings. The maximum absolute atomic E-state index is 12.3. The standard InChI is InChI=1S/C20H26ClN3O4S/c1-12(2)10-15(22-18(26)28-20(3,4)5)17-23-24-19(27-17)29-11-16(25)13-6-8-14(21)9-7-13/h6-9,12,15H,10-11H2,1-5H3,(H,22,26). The SMILES string of the molecule is CC(C)CC(NC(=O)OC(C)(C)C)c1nnc(SCC(=O)c2ccc(Cl)cc2)o1. The van der Waals surface area contributed by atoms with Gasteiger partial charge in [0.1, 0.15) is 11.6 Å². The van der Waals surface area contributed by atoms with Crippen molar-refractivity contribution in [2.45, 2.75) is 57.9 Å². The monoisotopic (exact) mass is 439 g/mol. The van der Waals surface area contributed by atoms with Crippen LogP contribution in [-0.2, 0) is 4.74 Å². The van der Waals surface area contributed by atoms with Crippen LogP contribution in [0.25, 0.3) is 0 Å². The van der Waals surface area contributed by atoms with Crippen molar-refractivity contribution in [3.8, 4) is 0 Å². The summed E-state index contributed by atoms with van der Waals surface area (Å²) in [7, 11) is 0. The van der Waals surface area contributed by atoms with Crippen molar-refractivity contribution >= 4 is 35.2 Å². The molecule has 1 atom stereocenters. The molecule has 158 valence electrons. The van der Waals surface area contributed by atoms with Crippen LogP contribution in [0.4, 0.5) is 4.79 Å². The van der Waals surface area contributed by atoms with E-state index in [-0.39, 0.29) is 28.6 Å². The molecule has 1 aromatic carbocycles. The summed E-state index contributed by atoms with van der Waals surface area (Å²) in [6.07, 6.45) is 0.0587. The molecule has 1 heterocycles. The van der Waals surface area contributed by atoms with Crippen LogP contribution in [0.15, 0.2) is 33.9 Å². The van der Waals surface area contributed by atoms with E-state index in [1.54, 1.807) is 45.0 Å². The number of alkyl carbamates (subject to hydrolysis) is 1. The van der Waals surface area contributed by atoms with E-state index in [1.807, 2.05) is 13.8 Å². The highest BCUT2D eigenvalue weighted by atomic mass is 35.5. The van der Waals surface area contributed by atoms with E-state index in [0.29, 0.717) is 17.0 Å². The average Bonchev–Trinajstić information content (AvgIpc) is 3.06. The molecule has 1 amide bonds. The summed E-state index contributed by atoms with van der Waals surface area (Å²) in [5.41, 5.74) is -0.0458. The molecule has 0 saturated carbocycles. The lowest BCUT2D eigenvalue weighted by Crippen LogP contribution is -2.35. The van der Waals surface area contributed by atoms with Crippen molar-refractivity contribution in [1.29, 1.82) is 0 Å². The molecule has 0 aliphatic rings.